The number of ether oxygens (including phenoxy) is 1. The Kier molecular flexibility index (Phi) is 6.49. The van der Waals surface area contributed by atoms with Gasteiger partial charge >= 0.3 is 6.09 Å². The lowest BCUT2D eigenvalue weighted by Crippen LogP contribution is -2.17. The molecule has 1 aromatic carbocycles. The Morgan fingerprint density at radius 3 is 2.81 bits per heavy atom. The number of hydrogen-bond acceptors (Lipinski definition) is 6. The molecule has 0 fully saturated rings. The van der Waals surface area contributed by atoms with Crippen LogP contribution in [0.5, 0.6) is 0 Å². The van der Waals surface area contributed by atoms with E-state index in [9.17, 15) is 9.18 Å². The number of nitrogens with one attached hydrogen (secondary N) is 1. The highest BCUT2D eigenvalue weighted by Gasteiger charge is 2.22. The van der Waals surface area contributed by atoms with E-state index in [0.717, 1.165) is 0 Å². The number of carbonyl (C=O) groups excluding carboxylic acids is 1. The van der Waals surface area contributed by atoms with Gasteiger partial charge in [0, 0.05) is 5.56 Å². The van der Waals surface area contributed by atoms with Crippen LogP contribution < -0.4 is 5.32 Å². The van der Waals surface area contributed by atoms with E-state index in [0.29, 0.717) is 31.5 Å². The van der Waals surface area contributed by atoms with E-state index in [1.807, 2.05) is 0 Å². The van der Waals surface area contributed by atoms with Gasteiger partial charge in [-0.15, -0.1) is 11.3 Å². The number of anilines is 1. The maximum Gasteiger partial charge on any atom is 0.412 e. The molecule has 0 bridgehead atoms. The fourth-order valence-corrected chi connectivity index (χ4v) is 3.45. The Morgan fingerprint density at radius 2 is 2.15 bits per heavy atom. The summed E-state index contributed by atoms with van der Waals surface area (Å²) in [6, 6.07) is 6.14. The van der Waals surface area contributed by atoms with Crippen molar-refractivity contribution in [2.75, 3.05) is 5.32 Å². The van der Waals surface area contributed by atoms with E-state index < -0.39 is 18.0 Å². The molecule has 1 atom stereocenters. The normalized spacial score (nSPS) is 11.5. The molecule has 3 aromatic rings. The van der Waals surface area contributed by atoms with Gasteiger partial charge in [-0.25, -0.2) is 14.2 Å². The number of amides is 1. The molecule has 138 valence electrons. The van der Waals surface area contributed by atoms with E-state index in [2.05, 4.69) is 31.4 Å². The second-order valence-corrected chi connectivity index (χ2v) is 7.45. The van der Waals surface area contributed by atoms with Crippen LogP contribution in [0, 0.1) is 12.7 Å². The summed E-state index contributed by atoms with van der Waals surface area (Å²) in [5.41, 5.74) is 1.18. The van der Waals surface area contributed by atoms with Crippen molar-refractivity contribution >= 4 is 39.0 Å². The molecular weight excluding hydrogens is 425 g/mol. The Bertz CT molecular complexity index is 912. The maximum atomic E-state index is 13.8. The molecule has 9 heteroatoms. The first-order valence-corrected chi connectivity index (χ1v) is 8.86. The van der Waals surface area contributed by atoms with Crippen molar-refractivity contribution in [1.29, 1.82) is 0 Å². The molecule has 0 saturated heterocycles. The van der Waals surface area contributed by atoms with E-state index in [4.69, 9.17) is 9.26 Å². The monoisotopic (exact) mass is 441 g/mol. The number of hydrogen-bond donors (Lipinski definition) is 1. The van der Waals surface area contributed by atoms with Crippen molar-refractivity contribution in [1.82, 2.24) is 10.1 Å². The van der Waals surface area contributed by atoms with E-state index in [1.54, 1.807) is 38.2 Å². The van der Waals surface area contributed by atoms with Crippen LogP contribution in [-0.2, 0) is 4.74 Å². The minimum atomic E-state index is -0.748. The molecule has 6 nitrogen and oxygen atoms in total. The molecule has 0 aliphatic rings. The van der Waals surface area contributed by atoms with Gasteiger partial charge in [-0.05, 0) is 35.8 Å². The van der Waals surface area contributed by atoms with Crippen LogP contribution in [0.1, 0.15) is 31.7 Å². The van der Waals surface area contributed by atoms with Crippen LogP contribution in [0.3, 0.4) is 0 Å². The zero-order valence-corrected chi connectivity index (χ0v) is 15.6. The van der Waals surface area contributed by atoms with Gasteiger partial charge in [0.15, 0.2) is 3.92 Å². The number of aryl methyl sites for hydroxylation is 1. The molecule has 0 unspecified atom stereocenters. The molecule has 26 heavy (non-hydrogen) atoms. The summed E-state index contributed by atoms with van der Waals surface area (Å²) in [6.07, 6.45) is 0.127. The third-order valence-corrected chi connectivity index (χ3v) is 4.89. The van der Waals surface area contributed by atoms with Gasteiger partial charge < -0.3 is 9.26 Å². The number of halogens is 2. The molecule has 2 aromatic heterocycles. The van der Waals surface area contributed by atoms with Crippen LogP contribution in [0.25, 0.3) is 10.6 Å². The summed E-state index contributed by atoms with van der Waals surface area (Å²) >= 11 is 4.61. The van der Waals surface area contributed by atoms with Gasteiger partial charge in [-0.3, -0.25) is 5.32 Å². The highest BCUT2D eigenvalue weighted by molar-refractivity contribution is 9.11. The topological polar surface area (TPSA) is 77.3 Å². The van der Waals surface area contributed by atoms with Gasteiger partial charge in [0.1, 0.15) is 23.3 Å². The molecule has 1 amide bonds. The first-order chi connectivity index (χ1) is 12.0. The van der Waals surface area contributed by atoms with Crippen LogP contribution in [0.2, 0.25) is 0 Å². The average molecular weight is 442 g/mol. The zero-order chi connectivity index (χ0) is 18.0. The SMILES string of the molecule is C.Cc1noc(-c2cnc(Br)s2)c1NC(=O)O[C@H](C)c1ccccc1F. The van der Waals surface area contributed by atoms with Crippen LogP contribution in [0.4, 0.5) is 14.9 Å². The van der Waals surface area contributed by atoms with E-state index in [-0.39, 0.29) is 7.43 Å². The van der Waals surface area contributed by atoms with Crippen molar-refractivity contribution in [2.24, 2.45) is 0 Å². The van der Waals surface area contributed by atoms with Gasteiger partial charge in [0.25, 0.3) is 0 Å². The highest BCUT2D eigenvalue weighted by Crippen LogP contribution is 2.36. The fraction of sp³-hybridized carbons (Fsp3) is 0.235. The average Bonchev–Trinajstić information content (AvgIpc) is 3.14. The number of benzene rings is 1. The van der Waals surface area contributed by atoms with Gasteiger partial charge in [0.05, 0.1) is 11.1 Å². The predicted octanol–water partition coefficient (Wildman–Crippen LogP) is 5.95. The Hall–Kier alpha value is -2.26. The standard InChI is InChI=1S/C16H13BrFN3O3S.CH4/c1-8-13(14(24-21-8)12-7-19-15(17)25-12)20-16(22)23-9(2)10-5-3-4-6-11(10)18;/h3-7,9H,1-2H3,(H,20,22);1H4/t9-;/m1./s1. The van der Waals surface area contributed by atoms with Crippen molar-refractivity contribution < 1.29 is 18.4 Å². The van der Waals surface area contributed by atoms with Crippen molar-refractivity contribution in [3.05, 3.63) is 51.5 Å². The molecule has 1 N–H and O–H groups in total. The van der Waals surface area contributed by atoms with Crippen LogP contribution in [-0.4, -0.2) is 16.2 Å². The summed E-state index contributed by atoms with van der Waals surface area (Å²) in [4.78, 5) is 17.0. The van der Waals surface area contributed by atoms with Crippen molar-refractivity contribution in [3.63, 3.8) is 0 Å². The van der Waals surface area contributed by atoms with E-state index in [1.165, 1.54) is 17.4 Å². The third kappa shape index (κ3) is 4.28. The minimum Gasteiger partial charge on any atom is -0.441 e. The molecule has 0 radical (unpaired) electrons. The molecule has 0 aliphatic carbocycles. The summed E-state index contributed by atoms with van der Waals surface area (Å²) in [6.45, 7) is 3.29. The zero-order valence-electron chi connectivity index (χ0n) is 13.2. The number of aromatic nitrogens is 2. The molecule has 0 spiro atoms. The third-order valence-electron chi connectivity index (χ3n) is 3.42. The molecule has 0 aliphatic heterocycles. The number of nitrogens with zero attached hydrogens (tertiary/aromatic N) is 2. The van der Waals surface area contributed by atoms with Gasteiger partial charge in [-0.2, -0.15) is 0 Å². The van der Waals surface area contributed by atoms with Gasteiger partial charge in [-0.1, -0.05) is 30.8 Å². The first kappa shape index (κ1) is 20.1. The Labute approximate surface area is 162 Å². The van der Waals surface area contributed by atoms with Crippen molar-refractivity contribution in [3.8, 4) is 10.6 Å². The largest absolute Gasteiger partial charge is 0.441 e. The summed E-state index contributed by atoms with van der Waals surface area (Å²) in [7, 11) is 0. The summed E-state index contributed by atoms with van der Waals surface area (Å²) in [5, 5.41) is 6.48. The highest BCUT2D eigenvalue weighted by atomic mass is 79.9. The number of rotatable bonds is 4. The van der Waals surface area contributed by atoms with E-state index >= 15 is 0 Å². The lowest BCUT2D eigenvalue weighted by atomic mass is 10.1. The number of thiazole rings is 1. The summed E-state index contributed by atoms with van der Waals surface area (Å²) in [5.74, 6) is -0.0460. The summed E-state index contributed by atoms with van der Waals surface area (Å²) < 4.78 is 25.0. The lowest BCUT2D eigenvalue weighted by Gasteiger charge is -2.14. The first-order valence-electron chi connectivity index (χ1n) is 7.25. The predicted molar refractivity (Wildman–Crippen MR) is 102 cm³/mol. The van der Waals surface area contributed by atoms with Crippen LogP contribution >= 0.6 is 27.3 Å². The maximum absolute atomic E-state index is 13.8. The fourth-order valence-electron chi connectivity index (χ4n) is 2.20. The van der Waals surface area contributed by atoms with Gasteiger partial charge in [0.2, 0.25) is 5.76 Å². The molecule has 2 heterocycles. The number of carbonyl (C=O) groups is 1. The second-order valence-electron chi connectivity index (χ2n) is 5.14. The Morgan fingerprint density at radius 1 is 1.42 bits per heavy atom. The second kappa shape index (κ2) is 8.41. The molecule has 3 rings (SSSR count). The lowest BCUT2D eigenvalue weighted by molar-refractivity contribution is 0.119. The Balaban J connectivity index is 0.00000243. The van der Waals surface area contributed by atoms with Crippen LogP contribution in [0.15, 0.2) is 38.9 Å². The molecule has 0 saturated carbocycles. The minimum absolute atomic E-state index is 0. The van der Waals surface area contributed by atoms with Crippen molar-refractivity contribution in [2.45, 2.75) is 27.4 Å². The smallest absolute Gasteiger partial charge is 0.412 e. The quantitative estimate of drug-likeness (QED) is 0.540. The molecular formula is C17H17BrFN3O3S.